The molecule has 0 aliphatic rings. The van der Waals surface area contributed by atoms with Crippen LogP contribution in [0.5, 0.6) is 11.5 Å². The smallest absolute Gasteiger partial charge is 0.130 e. The molecular formula is C12H17BrO2. The van der Waals surface area contributed by atoms with Crippen molar-refractivity contribution in [3.63, 3.8) is 0 Å². The molecule has 0 radical (unpaired) electrons. The molecular weight excluding hydrogens is 256 g/mol. The first-order chi connectivity index (χ1) is 7.15. The minimum atomic E-state index is 0.383. The van der Waals surface area contributed by atoms with Gasteiger partial charge in [0.05, 0.1) is 14.2 Å². The lowest BCUT2D eigenvalue weighted by atomic mass is 9.98. The van der Waals surface area contributed by atoms with Crippen LogP contribution in [0.25, 0.3) is 0 Å². The van der Waals surface area contributed by atoms with Gasteiger partial charge in [0, 0.05) is 16.5 Å². The highest BCUT2D eigenvalue weighted by Crippen LogP contribution is 2.38. The number of halogens is 1. The molecule has 0 aromatic heterocycles. The van der Waals surface area contributed by atoms with E-state index in [9.17, 15) is 0 Å². The summed E-state index contributed by atoms with van der Waals surface area (Å²) in [5.41, 5.74) is 2.29. The van der Waals surface area contributed by atoms with Gasteiger partial charge < -0.3 is 9.47 Å². The van der Waals surface area contributed by atoms with Gasteiger partial charge in [0.1, 0.15) is 11.5 Å². The van der Waals surface area contributed by atoms with E-state index < -0.39 is 0 Å². The van der Waals surface area contributed by atoms with Gasteiger partial charge in [-0.2, -0.15) is 0 Å². The predicted octanol–water partition coefficient (Wildman–Crippen LogP) is 3.72. The van der Waals surface area contributed by atoms with Crippen LogP contribution >= 0.6 is 15.9 Å². The van der Waals surface area contributed by atoms with E-state index in [2.05, 4.69) is 29.8 Å². The second-order valence-electron chi connectivity index (χ2n) is 3.66. The van der Waals surface area contributed by atoms with Crippen molar-refractivity contribution in [2.24, 2.45) is 0 Å². The number of rotatable bonds is 4. The van der Waals surface area contributed by atoms with E-state index in [-0.39, 0.29) is 0 Å². The SMILES string of the molecule is COc1ccc(CBr)c(OC)c1C(C)C. The third-order valence-corrected chi connectivity index (χ3v) is 2.99. The maximum atomic E-state index is 5.46. The molecule has 0 unspecified atom stereocenters. The van der Waals surface area contributed by atoms with Crippen LogP contribution in [0.4, 0.5) is 0 Å². The summed E-state index contributed by atoms with van der Waals surface area (Å²) in [4.78, 5) is 0. The molecule has 0 saturated carbocycles. The van der Waals surface area contributed by atoms with E-state index in [1.54, 1.807) is 14.2 Å². The number of ether oxygens (including phenoxy) is 2. The molecule has 1 rings (SSSR count). The monoisotopic (exact) mass is 272 g/mol. The highest BCUT2D eigenvalue weighted by atomic mass is 79.9. The molecule has 0 atom stereocenters. The van der Waals surface area contributed by atoms with Gasteiger partial charge in [-0.15, -0.1) is 0 Å². The lowest BCUT2D eigenvalue weighted by Gasteiger charge is -2.18. The van der Waals surface area contributed by atoms with E-state index >= 15 is 0 Å². The van der Waals surface area contributed by atoms with Crippen LogP contribution in [-0.4, -0.2) is 14.2 Å². The molecule has 0 aliphatic carbocycles. The van der Waals surface area contributed by atoms with E-state index in [1.165, 1.54) is 0 Å². The standard InChI is InChI=1S/C12H17BrO2/c1-8(2)11-10(14-3)6-5-9(7-13)12(11)15-4/h5-6,8H,7H2,1-4H3. The summed E-state index contributed by atoms with van der Waals surface area (Å²) in [6.07, 6.45) is 0. The maximum absolute atomic E-state index is 5.46. The van der Waals surface area contributed by atoms with E-state index in [4.69, 9.17) is 9.47 Å². The fourth-order valence-corrected chi connectivity index (χ4v) is 2.14. The van der Waals surface area contributed by atoms with Crippen molar-refractivity contribution >= 4 is 15.9 Å². The van der Waals surface area contributed by atoms with E-state index in [0.717, 1.165) is 28.0 Å². The van der Waals surface area contributed by atoms with Gasteiger partial charge in [-0.3, -0.25) is 0 Å². The van der Waals surface area contributed by atoms with Gasteiger partial charge >= 0.3 is 0 Å². The molecule has 1 aromatic carbocycles. The van der Waals surface area contributed by atoms with Gasteiger partial charge in [0.15, 0.2) is 0 Å². The summed E-state index contributed by atoms with van der Waals surface area (Å²) in [5.74, 6) is 2.21. The topological polar surface area (TPSA) is 18.5 Å². The summed E-state index contributed by atoms with van der Waals surface area (Å²) >= 11 is 3.46. The van der Waals surface area contributed by atoms with Crippen LogP contribution in [0.3, 0.4) is 0 Å². The zero-order valence-electron chi connectivity index (χ0n) is 9.63. The Labute approximate surface area is 99.7 Å². The van der Waals surface area contributed by atoms with E-state index in [1.807, 2.05) is 12.1 Å². The van der Waals surface area contributed by atoms with Crippen molar-refractivity contribution in [2.75, 3.05) is 14.2 Å². The van der Waals surface area contributed by atoms with Crippen LogP contribution in [0.2, 0.25) is 0 Å². The quantitative estimate of drug-likeness (QED) is 0.778. The van der Waals surface area contributed by atoms with Crippen molar-refractivity contribution in [3.05, 3.63) is 23.3 Å². The maximum Gasteiger partial charge on any atom is 0.130 e. The molecule has 0 bridgehead atoms. The average molecular weight is 273 g/mol. The van der Waals surface area contributed by atoms with Crippen LogP contribution in [0, 0.1) is 0 Å². The first kappa shape index (κ1) is 12.4. The second-order valence-corrected chi connectivity index (χ2v) is 4.22. The third kappa shape index (κ3) is 2.46. The third-order valence-electron chi connectivity index (χ3n) is 2.38. The van der Waals surface area contributed by atoms with Gasteiger partial charge in [0.25, 0.3) is 0 Å². The average Bonchev–Trinajstić information content (AvgIpc) is 2.26. The molecule has 0 amide bonds. The highest BCUT2D eigenvalue weighted by molar-refractivity contribution is 9.08. The van der Waals surface area contributed by atoms with Gasteiger partial charge in [-0.1, -0.05) is 35.8 Å². The zero-order valence-corrected chi connectivity index (χ0v) is 11.2. The summed E-state index contributed by atoms with van der Waals surface area (Å²) in [7, 11) is 3.39. The fraction of sp³-hybridized carbons (Fsp3) is 0.500. The summed E-state index contributed by atoms with van der Waals surface area (Å²) in [5, 5.41) is 0.792. The Morgan fingerprint density at radius 2 is 1.87 bits per heavy atom. The number of benzene rings is 1. The minimum Gasteiger partial charge on any atom is -0.496 e. The first-order valence-corrected chi connectivity index (χ1v) is 6.07. The van der Waals surface area contributed by atoms with Gasteiger partial charge in [-0.05, 0) is 12.0 Å². The van der Waals surface area contributed by atoms with Crippen molar-refractivity contribution in [1.29, 1.82) is 0 Å². The fourth-order valence-electron chi connectivity index (χ4n) is 1.70. The Morgan fingerprint density at radius 3 is 2.27 bits per heavy atom. The van der Waals surface area contributed by atoms with Crippen molar-refractivity contribution in [3.8, 4) is 11.5 Å². The molecule has 15 heavy (non-hydrogen) atoms. The minimum absolute atomic E-state index is 0.383. The largest absolute Gasteiger partial charge is 0.496 e. The van der Waals surface area contributed by atoms with Crippen molar-refractivity contribution in [2.45, 2.75) is 25.1 Å². The van der Waals surface area contributed by atoms with Crippen LogP contribution in [0.1, 0.15) is 30.9 Å². The molecule has 84 valence electrons. The summed E-state index contributed by atoms with van der Waals surface area (Å²) < 4.78 is 10.8. The Balaban J connectivity index is 3.37. The van der Waals surface area contributed by atoms with Crippen LogP contribution in [0.15, 0.2) is 12.1 Å². The molecule has 0 heterocycles. The highest BCUT2D eigenvalue weighted by Gasteiger charge is 2.16. The number of alkyl halides is 1. The lowest BCUT2D eigenvalue weighted by Crippen LogP contribution is -2.01. The second kappa shape index (κ2) is 5.40. The lowest BCUT2D eigenvalue weighted by molar-refractivity contribution is 0.380. The zero-order chi connectivity index (χ0) is 11.4. The van der Waals surface area contributed by atoms with Crippen molar-refractivity contribution < 1.29 is 9.47 Å². The van der Waals surface area contributed by atoms with Crippen LogP contribution in [-0.2, 0) is 5.33 Å². The number of hydrogen-bond donors (Lipinski definition) is 0. The number of hydrogen-bond acceptors (Lipinski definition) is 2. The van der Waals surface area contributed by atoms with Crippen molar-refractivity contribution in [1.82, 2.24) is 0 Å². The Bertz CT molecular complexity index is 335. The molecule has 0 aliphatic heterocycles. The van der Waals surface area contributed by atoms with E-state index in [0.29, 0.717) is 5.92 Å². The van der Waals surface area contributed by atoms with Crippen LogP contribution < -0.4 is 9.47 Å². The Morgan fingerprint density at radius 1 is 1.20 bits per heavy atom. The molecule has 1 aromatic rings. The predicted molar refractivity (Wildman–Crippen MR) is 66.3 cm³/mol. The summed E-state index contributed by atoms with van der Waals surface area (Å²) in [6.45, 7) is 4.27. The first-order valence-electron chi connectivity index (χ1n) is 4.95. The molecule has 0 N–H and O–H groups in total. The molecule has 0 saturated heterocycles. The van der Waals surface area contributed by atoms with Gasteiger partial charge in [-0.25, -0.2) is 0 Å². The Kier molecular flexibility index (Phi) is 4.45. The number of methoxy groups -OCH3 is 2. The Hall–Kier alpha value is -0.700. The molecule has 0 spiro atoms. The normalized spacial score (nSPS) is 10.5. The summed E-state index contributed by atoms with van der Waals surface area (Å²) in [6, 6.07) is 4.02. The molecule has 2 nitrogen and oxygen atoms in total. The molecule has 0 fully saturated rings. The molecule has 3 heteroatoms. The van der Waals surface area contributed by atoms with Gasteiger partial charge in [0.2, 0.25) is 0 Å².